The molecule has 2 aromatic rings. The number of nitrogens with one attached hydrogen (secondary N) is 1. The summed E-state index contributed by atoms with van der Waals surface area (Å²) in [6.07, 6.45) is 4.20. The van der Waals surface area contributed by atoms with Crippen LogP contribution in [0.25, 0.3) is 0 Å². The maximum atomic E-state index is 11.8. The molecule has 0 fully saturated rings. The van der Waals surface area contributed by atoms with E-state index in [1.807, 2.05) is 19.3 Å². The SMILES string of the molecule is Cn1ccc(CCNC(=O)c2ccc(CN)cn2)n1. The largest absolute Gasteiger partial charge is 0.350 e. The molecule has 0 aliphatic heterocycles. The highest BCUT2D eigenvalue weighted by molar-refractivity contribution is 5.92. The maximum Gasteiger partial charge on any atom is 0.269 e. The predicted octanol–water partition coefficient (Wildman–Crippen LogP) is 0.246. The van der Waals surface area contributed by atoms with Crippen molar-refractivity contribution in [3.8, 4) is 0 Å². The minimum atomic E-state index is -0.181. The Bertz CT molecular complexity index is 546. The molecule has 6 nitrogen and oxygen atoms in total. The van der Waals surface area contributed by atoms with Gasteiger partial charge in [-0.05, 0) is 17.7 Å². The third-order valence-electron chi connectivity index (χ3n) is 2.73. The normalized spacial score (nSPS) is 10.4. The molecular formula is C13H17N5O. The van der Waals surface area contributed by atoms with E-state index in [2.05, 4.69) is 15.4 Å². The summed E-state index contributed by atoms with van der Waals surface area (Å²) in [6.45, 7) is 0.963. The number of hydrogen-bond donors (Lipinski definition) is 2. The van der Waals surface area contributed by atoms with Gasteiger partial charge in [0.05, 0.1) is 5.69 Å². The Hall–Kier alpha value is -2.21. The summed E-state index contributed by atoms with van der Waals surface area (Å²) in [7, 11) is 1.87. The molecule has 1 amide bonds. The lowest BCUT2D eigenvalue weighted by Crippen LogP contribution is -2.26. The molecule has 0 saturated carbocycles. The van der Waals surface area contributed by atoms with Gasteiger partial charge in [-0.3, -0.25) is 14.5 Å². The van der Waals surface area contributed by atoms with Crippen LogP contribution >= 0.6 is 0 Å². The van der Waals surface area contributed by atoms with Crippen LogP contribution in [0.2, 0.25) is 0 Å². The van der Waals surface area contributed by atoms with Crippen molar-refractivity contribution >= 4 is 5.91 Å². The molecule has 0 spiro atoms. The molecule has 2 heterocycles. The van der Waals surface area contributed by atoms with E-state index >= 15 is 0 Å². The van der Waals surface area contributed by atoms with Gasteiger partial charge in [0.2, 0.25) is 0 Å². The third kappa shape index (κ3) is 3.62. The summed E-state index contributed by atoms with van der Waals surface area (Å²) in [6, 6.07) is 5.42. The second kappa shape index (κ2) is 6.10. The smallest absolute Gasteiger partial charge is 0.269 e. The number of carbonyl (C=O) groups is 1. The van der Waals surface area contributed by atoms with Gasteiger partial charge in [0.1, 0.15) is 5.69 Å². The third-order valence-corrected chi connectivity index (χ3v) is 2.73. The number of carbonyl (C=O) groups excluding carboxylic acids is 1. The minimum absolute atomic E-state index is 0.181. The average Bonchev–Trinajstić information content (AvgIpc) is 2.84. The van der Waals surface area contributed by atoms with E-state index in [1.165, 1.54) is 0 Å². The van der Waals surface area contributed by atoms with Gasteiger partial charge in [0, 0.05) is 39.0 Å². The van der Waals surface area contributed by atoms with Gasteiger partial charge in [-0.2, -0.15) is 5.10 Å². The highest BCUT2D eigenvalue weighted by Gasteiger charge is 2.06. The van der Waals surface area contributed by atoms with Crippen molar-refractivity contribution < 1.29 is 4.79 Å². The van der Waals surface area contributed by atoms with Crippen LogP contribution in [0.15, 0.2) is 30.6 Å². The zero-order valence-electron chi connectivity index (χ0n) is 10.8. The van der Waals surface area contributed by atoms with Crippen molar-refractivity contribution in [2.45, 2.75) is 13.0 Å². The molecule has 0 aromatic carbocycles. The first-order chi connectivity index (χ1) is 9.19. The van der Waals surface area contributed by atoms with Crippen LogP contribution in [-0.2, 0) is 20.0 Å². The molecule has 3 N–H and O–H groups in total. The Labute approximate surface area is 111 Å². The second-order valence-electron chi connectivity index (χ2n) is 4.24. The van der Waals surface area contributed by atoms with Crippen LogP contribution in [0.5, 0.6) is 0 Å². The first-order valence-electron chi connectivity index (χ1n) is 6.11. The van der Waals surface area contributed by atoms with Crippen molar-refractivity contribution in [1.29, 1.82) is 0 Å². The van der Waals surface area contributed by atoms with Gasteiger partial charge in [0.15, 0.2) is 0 Å². The topological polar surface area (TPSA) is 85.8 Å². The van der Waals surface area contributed by atoms with Crippen molar-refractivity contribution in [3.63, 3.8) is 0 Å². The standard InChI is InChI=1S/C13H17N5O/c1-18-7-5-11(17-18)4-6-15-13(19)12-3-2-10(8-14)9-16-12/h2-3,5,7,9H,4,6,8,14H2,1H3,(H,15,19). The van der Waals surface area contributed by atoms with Crippen molar-refractivity contribution in [3.05, 3.63) is 47.5 Å². The van der Waals surface area contributed by atoms with Crippen LogP contribution in [-0.4, -0.2) is 27.2 Å². The Balaban J connectivity index is 1.83. The fourth-order valence-electron chi connectivity index (χ4n) is 1.67. The Morgan fingerprint density at radius 1 is 1.42 bits per heavy atom. The lowest BCUT2D eigenvalue weighted by molar-refractivity contribution is 0.0949. The zero-order valence-corrected chi connectivity index (χ0v) is 10.8. The van der Waals surface area contributed by atoms with E-state index in [0.29, 0.717) is 25.2 Å². The van der Waals surface area contributed by atoms with Gasteiger partial charge >= 0.3 is 0 Å². The van der Waals surface area contributed by atoms with Crippen molar-refractivity contribution in [1.82, 2.24) is 20.1 Å². The van der Waals surface area contributed by atoms with Crippen LogP contribution in [0, 0.1) is 0 Å². The number of amides is 1. The van der Waals surface area contributed by atoms with Crippen molar-refractivity contribution in [2.75, 3.05) is 6.54 Å². The van der Waals surface area contributed by atoms with E-state index in [4.69, 9.17) is 5.73 Å². The quantitative estimate of drug-likeness (QED) is 0.805. The van der Waals surface area contributed by atoms with E-state index < -0.39 is 0 Å². The number of pyridine rings is 1. The highest BCUT2D eigenvalue weighted by Crippen LogP contribution is 2.00. The molecule has 0 atom stereocenters. The molecule has 2 aromatic heterocycles. The zero-order chi connectivity index (χ0) is 13.7. The minimum Gasteiger partial charge on any atom is -0.350 e. The monoisotopic (exact) mass is 259 g/mol. The second-order valence-corrected chi connectivity index (χ2v) is 4.24. The fraction of sp³-hybridized carbons (Fsp3) is 0.308. The molecule has 0 bridgehead atoms. The van der Waals surface area contributed by atoms with Gasteiger partial charge < -0.3 is 11.1 Å². The van der Waals surface area contributed by atoms with E-state index in [-0.39, 0.29) is 5.91 Å². The van der Waals surface area contributed by atoms with Crippen LogP contribution in [0.1, 0.15) is 21.7 Å². The summed E-state index contributed by atoms with van der Waals surface area (Å²) in [5.74, 6) is -0.181. The number of nitrogens with two attached hydrogens (primary N) is 1. The molecule has 2 rings (SSSR count). The van der Waals surface area contributed by atoms with Gasteiger partial charge in [0.25, 0.3) is 5.91 Å². The molecule has 19 heavy (non-hydrogen) atoms. The molecule has 0 aliphatic carbocycles. The van der Waals surface area contributed by atoms with Crippen LogP contribution in [0.3, 0.4) is 0 Å². The molecule has 0 saturated heterocycles. The highest BCUT2D eigenvalue weighted by atomic mass is 16.1. The maximum absolute atomic E-state index is 11.8. The summed E-state index contributed by atoms with van der Waals surface area (Å²) < 4.78 is 1.74. The van der Waals surface area contributed by atoms with Crippen LogP contribution in [0.4, 0.5) is 0 Å². The van der Waals surface area contributed by atoms with Gasteiger partial charge in [-0.25, -0.2) is 0 Å². The summed E-state index contributed by atoms with van der Waals surface area (Å²) in [5.41, 5.74) is 7.73. The first kappa shape index (κ1) is 13.2. The average molecular weight is 259 g/mol. The number of nitrogens with zero attached hydrogens (tertiary/aromatic N) is 3. The van der Waals surface area contributed by atoms with Crippen molar-refractivity contribution in [2.24, 2.45) is 12.8 Å². The number of rotatable bonds is 5. The fourth-order valence-corrected chi connectivity index (χ4v) is 1.67. The Kier molecular flexibility index (Phi) is 4.25. The van der Waals surface area contributed by atoms with E-state index in [9.17, 15) is 4.79 Å². The molecule has 6 heteroatoms. The number of aromatic nitrogens is 3. The Morgan fingerprint density at radius 3 is 2.84 bits per heavy atom. The lowest BCUT2D eigenvalue weighted by Gasteiger charge is -2.04. The van der Waals surface area contributed by atoms with E-state index in [0.717, 1.165) is 11.3 Å². The summed E-state index contributed by atoms with van der Waals surface area (Å²) in [4.78, 5) is 15.9. The lowest BCUT2D eigenvalue weighted by atomic mass is 10.2. The molecule has 0 unspecified atom stereocenters. The summed E-state index contributed by atoms with van der Waals surface area (Å²) >= 11 is 0. The first-order valence-corrected chi connectivity index (χ1v) is 6.11. The predicted molar refractivity (Wildman–Crippen MR) is 71.4 cm³/mol. The summed E-state index contributed by atoms with van der Waals surface area (Å²) in [5, 5.41) is 7.05. The van der Waals surface area contributed by atoms with E-state index in [1.54, 1.807) is 23.0 Å². The number of hydrogen-bond acceptors (Lipinski definition) is 4. The molecule has 0 aliphatic rings. The molecule has 0 radical (unpaired) electrons. The van der Waals surface area contributed by atoms with Gasteiger partial charge in [-0.15, -0.1) is 0 Å². The van der Waals surface area contributed by atoms with Crippen LogP contribution < -0.4 is 11.1 Å². The van der Waals surface area contributed by atoms with Gasteiger partial charge in [-0.1, -0.05) is 6.07 Å². The number of aryl methyl sites for hydroxylation is 1. The molecule has 100 valence electrons. The Morgan fingerprint density at radius 2 is 2.26 bits per heavy atom. The molecular weight excluding hydrogens is 242 g/mol.